The Kier molecular flexibility index (Phi) is 5.69. The second-order valence-electron chi connectivity index (χ2n) is 8.11. The van der Waals surface area contributed by atoms with Gasteiger partial charge in [0.2, 0.25) is 5.91 Å². The Balaban J connectivity index is 1.55. The fourth-order valence-corrected chi connectivity index (χ4v) is 4.41. The van der Waals surface area contributed by atoms with Crippen molar-refractivity contribution in [2.24, 2.45) is 0 Å². The van der Waals surface area contributed by atoms with Crippen LogP contribution in [-0.2, 0) is 4.79 Å². The Morgan fingerprint density at radius 2 is 2.06 bits per heavy atom. The van der Waals surface area contributed by atoms with E-state index in [4.69, 9.17) is 10.7 Å². The summed E-state index contributed by atoms with van der Waals surface area (Å²) in [6.07, 6.45) is 7.64. The summed E-state index contributed by atoms with van der Waals surface area (Å²) in [7, 11) is 0. The number of rotatable bonds is 5. The van der Waals surface area contributed by atoms with Crippen molar-refractivity contribution >= 4 is 29.0 Å². The Labute approximate surface area is 200 Å². The first-order chi connectivity index (χ1) is 17.0. The lowest BCUT2D eigenvalue weighted by atomic mass is 10.1. The molecule has 10 heteroatoms. The molecular weight excluding hydrogens is 449 g/mol. The van der Waals surface area contributed by atoms with Crippen molar-refractivity contribution < 1.29 is 14.0 Å². The normalized spacial score (nSPS) is 15.3. The van der Waals surface area contributed by atoms with Gasteiger partial charge in [-0.25, -0.2) is 19.3 Å². The van der Waals surface area contributed by atoms with Crippen molar-refractivity contribution in [2.75, 3.05) is 17.6 Å². The maximum Gasteiger partial charge on any atom is 0.259 e. The molecule has 176 valence electrons. The van der Waals surface area contributed by atoms with Crippen LogP contribution >= 0.6 is 0 Å². The second kappa shape index (κ2) is 8.98. The molecule has 0 unspecified atom stereocenters. The van der Waals surface area contributed by atoms with Gasteiger partial charge in [-0.15, -0.1) is 0 Å². The lowest BCUT2D eigenvalue weighted by molar-refractivity contribution is -0.127. The molecule has 1 aliphatic heterocycles. The van der Waals surface area contributed by atoms with Crippen LogP contribution in [0.15, 0.2) is 67.6 Å². The molecule has 4 heterocycles. The van der Waals surface area contributed by atoms with Crippen LogP contribution in [0, 0.1) is 5.82 Å². The highest BCUT2D eigenvalue weighted by molar-refractivity contribution is 6.04. The molecule has 0 bridgehead atoms. The molecule has 0 saturated carbocycles. The van der Waals surface area contributed by atoms with Crippen LogP contribution in [0.25, 0.3) is 16.8 Å². The molecule has 1 fully saturated rings. The van der Waals surface area contributed by atoms with E-state index in [1.165, 1.54) is 24.4 Å². The monoisotopic (exact) mass is 471 g/mol. The van der Waals surface area contributed by atoms with Crippen molar-refractivity contribution in [3.05, 3.63) is 84.8 Å². The number of anilines is 2. The highest BCUT2D eigenvalue weighted by atomic mass is 19.1. The number of nitrogens with zero attached hydrogens (tertiary/aromatic N) is 5. The summed E-state index contributed by atoms with van der Waals surface area (Å²) in [5.74, 6) is -0.367. The number of carbonyl (C=O) groups excluding carboxylic acids is 2. The zero-order valence-corrected chi connectivity index (χ0v) is 18.7. The van der Waals surface area contributed by atoms with Gasteiger partial charge in [0.15, 0.2) is 0 Å². The highest BCUT2D eigenvalue weighted by Crippen LogP contribution is 2.36. The summed E-state index contributed by atoms with van der Waals surface area (Å²) in [5, 5.41) is 2.57. The zero-order valence-electron chi connectivity index (χ0n) is 18.7. The minimum absolute atomic E-state index is 0.132. The van der Waals surface area contributed by atoms with Gasteiger partial charge in [0, 0.05) is 30.7 Å². The van der Waals surface area contributed by atoms with Gasteiger partial charge in [0.1, 0.15) is 34.5 Å². The standard InChI is InChI=1S/C25H22FN7O2/c1-2-20(34)32-12-5-6-18(32)24-31-21(22-23(27)29-11-13-33(22)24)15-8-9-16(17(26)14-15)25(35)30-19-7-3-4-10-28-19/h2-4,7-11,13-14,18H,1,5-6,12H2,(H2,27,29)(H,28,30,35)/t18-/m0/s1. The average Bonchev–Trinajstić information content (AvgIpc) is 3.49. The van der Waals surface area contributed by atoms with E-state index < -0.39 is 11.7 Å². The van der Waals surface area contributed by atoms with Crippen molar-refractivity contribution in [3.8, 4) is 11.3 Å². The van der Waals surface area contributed by atoms with Crippen LogP contribution in [0.5, 0.6) is 0 Å². The Hall–Kier alpha value is -4.60. The SMILES string of the molecule is C=CC(=O)N1CCC[C@H]1c1nc(-c2ccc(C(=O)Nc3ccccn3)c(F)c2)c2c(N)nccn12. The predicted octanol–water partition coefficient (Wildman–Crippen LogP) is 3.61. The molecule has 0 aliphatic carbocycles. The Bertz CT molecular complexity index is 1450. The molecule has 5 rings (SSSR count). The van der Waals surface area contributed by atoms with Gasteiger partial charge in [0.25, 0.3) is 5.91 Å². The van der Waals surface area contributed by atoms with Gasteiger partial charge in [-0.3, -0.25) is 14.0 Å². The molecule has 1 aromatic carbocycles. The molecule has 1 saturated heterocycles. The number of nitrogen functional groups attached to an aromatic ring is 1. The van der Waals surface area contributed by atoms with E-state index >= 15 is 4.39 Å². The molecule has 0 radical (unpaired) electrons. The molecule has 35 heavy (non-hydrogen) atoms. The number of imidazole rings is 1. The molecular formula is C25H22FN7O2. The molecule has 3 N–H and O–H groups in total. The highest BCUT2D eigenvalue weighted by Gasteiger charge is 2.33. The smallest absolute Gasteiger partial charge is 0.259 e. The molecule has 3 aromatic heterocycles. The van der Waals surface area contributed by atoms with Gasteiger partial charge >= 0.3 is 0 Å². The third-order valence-corrected chi connectivity index (χ3v) is 6.01. The topological polar surface area (TPSA) is 119 Å². The van der Waals surface area contributed by atoms with E-state index in [-0.39, 0.29) is 23.3 Å². The van der Waals surface area contributed by atoms with E-state index in [9.17, 15) is 9.59 Å². The summed E-state index contributed by atoms with van der Waals surface area (Å²) in [5.41, 5.74) is 7.42. The van der Waals surface area contributed by atoms with E-state index in [1.807, 2.05) is 0 Å². The molecule has 4 aromatic rings. The lowest BCUT2D eigenvalue weighted by Gasteiger charge is -2.22. The summed E-state index contributed by atoms with van der Waals surface area (Å²) in [4.78, 5) is 39.7. The summed E-state index contributed by atoms with van der Waals surface area (Å²) < 4.78 is 16.9. The van der Waals surface area contributed by atoms with Gasteiger partial charge < -0.3 is 16.0 Å². The molecule has 2 amide bonds. The number of benzene rings is 1. The number of likely N-dealkylation sites (tertiary alicyclic amines) is 1. The van der Waals surface area contributed by atoms with Crippen LogP contribution in [0.4, 0.5) is 16.0 Å². The quantitative estimate of drug-likeness (QED) is 0.429. The first kappa shape index (κ1) is 22.2. The van der Waals surface area contributed by atoms with Crippen LogP contribution in [0.3, 0.4) is 0 Å². The lowest BCUT2D eigenvalue weighted by Crippen LogP contribution is -2.29. The van der Waals surface area contributed by atoms with Crippen molar-refractivity contribution in [2.45, 2.75) is 18.9 Å². The Morgan fingerprint density at radius 1 is 1.20 bits per heavy atom. The van der Waals surface area contributed by atoms with Crippen molar-refractivity contribution in [1.29, 1.82) is 0 Å². The minimum Gasteiger partial charge on any atom is -0.382 e. The fraction of sp³-hybridized carbons (Fsp3) is 0.160. The fourth-order valence-electron chi connectivity index (χ4n) is 4.41. The number of hydrogen-bond donors (Lipinski definition) is 2. The van der Waals surface area contributed by atoms with E-state index in [2.05, 4.69) is 21.9 Å². The number of pyridine rings is 1. The summed E-state index contributed by atoms with van der Waals surface area (Å²) in [6.45, 7) is 4.19. The van der Waals surface area contributed by atoms with Crippen LogP contribution < -0.4 is 11.1 Å². The van der Waals surface area contributed by atoms with Crippen LogP contribution in [0.2, 0.25) is 0 Å². The zero-order chi connectivity index (χ0) is 24.5. The number of fused-ring (bicyclic) bond motifs is 1. The first-order valence-electron chi connectivity index (χ1n) is 11.1. The van der Waals surface area contributed by atoms with Crippen LogP contribution in [0.1, 0.15) is 35.1 Å². The third-order valence-electron chi connectivity index (χ3n) is 6.01. The molecule has 1 aliphatic rings. The van der Waals surface area contributed by atoms with E-state index in [0.29, 0.717) is 35.0 Å². The van der Waals surface area contributed by atoms with Gasteiger partial charge in [0.05, 0.1) is 11.6 Å². The van der Waals surface area contributed by atoms with Gasteiger partial charge in [-0.1, -0.05) is 18.7 Å². The number of hydrogen-bond acceptors (Lipinski definition) is 6. The third kappa shape index (κ3) is 3.99. The number of carbonyl (C=O) groups is 2. The summed E-state index contributed by atoms with van der Waals surface area (Å²) in [6, 6.07) is 9.01. The molecule has 9 nitrogen and oxygen atoms in total. The largest absolute Gasteiger partial charge is 0.382 e. The van der Waals surface area contributed by atoms with Gasteiger partial charge in [-0.2, -0.15) is 0 Å². The molecule has 1 atom stereocenters. The average molecular weight is 471 g/mol. The Morgan fingerprint density at radius 3 is 2.80 bits per heavy atom. The number of aromatic nitrogens is 4. The first-order valence-corrected chi connectivity index (χ1v) is 11.1. The number of halogens is 1. The second-order valence-corrected chi connectivity index (χ2v) is 8.11. The molecule has 0 spiro atoms. The number of amides is 2. The van der Waals surface area contributed by atoms with E-state index in [1.54, 1.807) is 46.0 Å². The van der Waals surface area contributed by atoms with Crippen molar-refractivity contribution in [1.82, 2.24) is 24.3 Å². The van der Waals surface area contributed by atoms with Crippen molar-refractivity contribution in [3.63, 3.8) is 0 Å². The minimum atomic E-state index is -0.717. The maximum absolute atomic E-state index is 15.1. The summed E-state index contributed by atoms with van der Waals surface area (Å²) >= 11 is 0. The van der Waals surface area contributed by atoms with Gasteiger partial charge in [-0.05, 0) is 43.2 Å². The number of nitrogens with two attached hydrogens (primary N) is 1. The predicted molar refractivity (Wildman–Crippen MR) is 129 cm³/mol. The maximum atomic E-state index is 15.1. The van der Waals surface area contributed by atoms with Crippen LogP contribution in [-0.4, -0.2) is 42.6 Å². The number of nitrogens with one attached hydrogen (secondary N) is 1. The van der Waals surface area contributed by atoms with E-state index in [0.717, 1.165) is 12.8 Å².